The van der Waals surface area contributed by atoms with Crippen LogP contribution in [-0.4, -0.2) is 16.8 Å². The van der Waals surface area contributed by atoms with Crippen LogP contribution in [0.3, 0.4) is 0 Å². The molecule has 0 aliphatic carbocycles. The zero-order valence-electron chi connectivity index (χ0n) is 10.1. The zero-order chi connectivity index (χ0) is 14.1. The second kappa shape index (κ2) is 4.58. The summed E-state index contributed by atoms with van der Waals surface area (Å²) in [6.07, 6.45) is 0. The predicted molar refractivity (Wildman–Crippen MR) is 71.2 cm³/mol. The number of fused-ring (bicyclic) bond motifs is 1. The Morgan fingerprint density at radius 1 is 1.05 bits per heavy atom. The molecule has 0 aromatic heterocycles. The molecule has 3 rings (SSSR count). The molecule has 20 heavy (non-hydrogen) atoms. The first-order chi connectivity index (χ1) is 9.65. The van der Waals surface area contributed by atoms with E-state index in [9.17, 15) is 14.9 Å². The van der Waals surface area contributed by atoms with Gasteiger partial charge in [-0.1, -0.05) is 18.2 Å². The number of hydrogen-bond acceptors (Lipinski definition) is 5. The number of cyclic esters (lactones) is 1. The van der Waals surface area contributed by atoms with Gasteiger partial charge in [0.15, 0.2) is 0 Å². The summed E-state index contributed by atoms with van der Waals surface area (Å²) in [5.74, 6) is -0.309. The highest BCUT2D eigenvalue weighted by Crippen LogP contribution is 2.25. The number of esters is 1. The fourth-order valence-corrected chi connectivity index (χ4v) is 1.92. The topological polar surface area (TPSA) is 81.8 Å². The molecule has 1 heterocycles. The van der Waals surface area contributed by atoms with Crippen molar-refractivity contribution in [1.29, 1.82) is 0 Å². The molecule has 1 aliphatic rings. The van der Waals surface area contributed by atoms with E-state index in [-0.39, 0.29) is 11.6 Å². The molecule has 2 aromatic rings. The van der Waals surface area contributed by atoms with E-state index in [1.807, 2.05) is 0 Å². The van der Waals surface area contributed by atoms with Gasteiger partial charge in [-0.2, -0.15) is 0 Å². The maximum absolute atomic E-state index is 11.6. The number of carbonyl (C=O) groups excluding carboxylic acids is 1. The lowest BCUT2D eigenvalue weighted by Crippen LogP contribution is -1.99. The number of ether oxygens (including phenoxy) is 1. The van der Waals surface area contributed by atoms with Crippen molar-refractivity contribution in [2.45, 2.75) is 0 Å². The van der Waals surface area contributed by atoms with Crippen molar-refractivity contribution in [2.24, 2.45) is 4.99 Å². The van der Waals surface area contributed by atoms with Crippen LogP contribution >= 0.6 is 0 Å². The van der Waals surface area contributed by atoms with Crippen LogP contribution < -0.4 is 0 Å². The maximum Gasteiger partial charge on any atom is 0.345 e. The first kappa shape index (κ1) is 12.0. The summed E-state index contributed by atoms with van der Waals surface area (Å²) in [7, 11) is 0. The van der Waals surface area contributed by atoms with Crippen LogP contribution in [0.5, 0.6) is 0 Å². The van der Waals surface area contributed by atoms with Gasteiger partial charge >= 0.3 is 5.97 Å². The summed E-state index contributed by atoms with van der Waals surface area (Å²) >= 11 is 0. The van der Waals surface area contributed by atoms with Crippen LogP contribution in [0.25, 0.3) is 0 Å². The SMILES string of the molecule is O=C1OC(=Nc2cccc([N+](=O)[O-])c2)c2ccccc21. The van der Waals surface area contributed by atoms with Crippen LogP contribution in [0.15, 0.2) is 53.5 Å². The third-order valence-corrected chi connectivity index (χ3v) is 2.84. The molecule has 0 N–H and O–H groups in total. The minimum atomic E-state index is -0.502. The Morgan fingerprint density at radius 3 is 2.55 bits per heavy atom. The predicted octanol–water partition coefficient (Wildman–Crippen LogP) is 2.84. The lowest BCUT2D eigenvalue weighted by atomic mass is 10.1. The Hall–Kier alpha value is -3.02. The Labute approximate surface area is 113 Å². The van der Waals surface area contributed by atoms with Gasteiger partial charge in [0.05, 0.1) is 21.7 Å². The highest BCUT2D eigenvalue weighted by Gasteiger charge is 2.27. The molecule has 0 bridgehead atoms. The van der Waals surface area contributed by atoms with Crippen LogP contribution in [0.4, 0.5) is 11.4 Å². The van der Waals surface area contributed by atoms with Crippen molar-refractivity contribution in [2.75, 3.05) is 0 Å². The van der Waals surface area contributed by atoms with Gasteiger partial charge in [0.1, 0.15) is 0 Å². The lowest BCUT2D eigenvalue weighted by molar-refractivity contribution is -0.384. The Morgan fingerprint density at radius 2 is 1.80 bits per heavy atom. The number of hydrogen-bond donors (Lipinski definition) is 0. The molecule has 0 unspecified atom stereocenters. The second-order valence-corrected chi connectivity index (χ2v) is 4.13. The van der Waals surface area contributed by atoms with Gasteiger partial charge in [0, 0.05) is 12.1 Å². The van der Waals surface area contributed by atoms with E-state index in [1.165, 1.54) is 18.2 Å². The number of non-ortho nitro benzene ring substituents is 1. The fourth-order valence-electron chi connectivity index (χ4n) is 1.92. The van der Waals surface area contributed by atoms with E-state index in [0.29, 0.717) is 16.8 Å². The van der Waals surface area contributed by atoms with Gasteiger partial charge in [0.2, 0.25) is 5.90 Å². The van der Waals surface area contributed by atoms with E-state index < -0.39 is 10.9 Å². The summed E-state index contributed by atoms with van der Waals surface area (Å²) in [6.45, 7) is 0. The number of nitrogens with zero attached hydrogens (tertiary/aromatic N) is 2. The van der Waals surface area contributed by atoms with Gasteiger partial charge < -0.3 is 4.74 Å². The molecule has 0 saturated heterocycles. The highest BCUT2D eigenvalue weighted by molar-refractivity contribution is 6.17. The standard InChI is InChI=1S/C14H8N2O4/c17-14-12-7-2-1-6-11(12)13(20-14)15-9-4-3-5-10(8-9)16(18)19/h1-8H. The van der Waals surface area contributed by atoms with Crippen LogP contribution in [0, 0.1) is 10.1 Å². The van der Waals surface area contributed by atoms with E-state index in [4.69, 9.17) is 4.74 Å². The minimum Gasteiger partial charge on any atom is -0.403 e. The third-order valence-electron chi connectivity index (χ3n) is 2.84. The van der Waals surface area contributed by atoms with Gasteiger partial charge in [0.25, 0.3) is 5.69 Å². The molecule has 0 fully saturated rings. The number of carbonyl (C=O) groups is 1. The Bertz CT molecular complexity index is 752. The number of benzene rings is 2. The Balaban J connectivity index is 2.04. The molecule has 6 nitrogen and oxygen atoms in total. The molecule has 0 radical (unpaired) electrons. The number of aliphatic imine (C=N–C) groups is 1. The van der Waals surface area contributed by atoms with Gasteiger partial charge in [-0.15, -0.1) is 0 Å². The number of nitro benzene ring substituents is 1. The second-order valence-electron chi connectivity index (χ2n) is 4.13. The van der Waals surface area contributed by atoms with E-state index in [2.05, 4.69) is 4.99 Å². The average molecular weight is 268 g/mol. The van der Waals surface area contributed by atoms with E-state index >= 15 is 0 Å². The summed E-state index contributed by atoms with van der Waals surface area (Å²) in [6, 6.07) is 12.7. The van der Waals surface area contributed by atoms with Gasteiger partial charge in [-0.3, -0.25) is 10.1 Å². The van der Waals surface area contributed by atoms with Crippen molar-refractivity contribution in [3.05, 3.63) is 69.8 Å². The van der Waals surface area contributed by atoms with E-state index in [1.54, 1.807) is 30.3 Å². The summed E-state index contributed by atoms with van der Waals surface area (Å²) in [5.41, 5.74) is 1.32. The molecule has 0 spiro atoms. The molecule has 0 amide bonds. The first-order valence-electron chi connectivity index (χ1n) is 5.80. The molecule has 0 saturated carbocycles. The molecule has 0 atom stereocenters. The molecule has 2 aromatic carbocycles. The lowest BCUT2D eigenvalue weighted by Gasteiger charge is -1.98. The number of rotatable bonds is 2. The van der Waals surface area contributed by atoms with Crippen molar-refractivity contribution < 1.29 is 14.5 Å². The average Bonchev–Trinajstić information content (AvgIpc) is 2.76. The summed E-state index contributed by atoms with van der Waals surface area (Å²) in [4.78, 5) is 26.0. The van der Waals surface area contributed by atoms with Crippen molar-refractivity contribution in [1.82, 2.24) is 0 Å². The third kappa shape index (κ3) is 2.03. The monoisotopic (exact) mass is 268 g/mol. The first-order valence-corrected chi connectivity index (χ1v) is 5.80. The molecular formula is C14H8N2O4. The van der Waals surface area contributed by atoms with Crippen molar-refractivity contribution in [3.8, 4) is 0 Å². The smallest absolute Gasteiger partial charge is 0.345 e. The fraction of sp³-hybridized carbons (Fsp3) is 0. The van der Waals surface area contributed by atoms with Gasteiger partial charge in [-0.25, -0.2) is 9.79 Å². The summed E-state index contributed by atoms with van der Waals surface area (Å²) in [5, 5.41) is 10.7. The summed E-state index contributed by atoms with van der Waals surface area (Å²) < 4.78 is 5.08. The van der Waals surface area contributed by atoms with Crippen LogP contribution in [-0.2, 0) is 4.74 Å². The minimum absolute atomic E-state index is 0.0653. The maximum atomic E-state index is 11.6. The van der Waals surface area contributed by atoms with E-state index in [0.717, 1.165) is 0 Å². The quantitative estimate of drug-likeness (QED) is 0.476. The highest BCUT2D eigenvalue weighted by atomic mass is 16.6. The normalized spacial score (nSPS) is 15.0. The van der Waals surface area contributed by atoms with Crippen LogP contribution in [0.2, 0.25) is 0 Å². The Kier molecular flexibility index (Phi) is 2.76. The largest absolute Gasteiger partial charge is 0.403 e. The molecule has 98 valence electrons. The number of nitro groups is 1. The van der Waals surface area contributed by atoms with Crippen molar-refractivity contribution >= 4 is 23.2 Å². The molecular weight excluding hydrogens is 260 g/mol. The van der Waals surface area contributed by atoms with Crippen LogP contribution in [0.1, 0.15) is 15.9 Å². The van der Waals surface area contributed by atoms with Gasteiger partial charge in [-0.05, 0) is 18.2 Å². The van der Waals surface area contributed by atoms with Crippen molar-refractivity contribution in [3.63, 3.8) is 0 Å². The molecule has 1 aliphatic heterocycles. The molecule has 6 heteroatoms. The zero-order valence-corrected chi connectivity index (χ0v) is 10.1.